The Morgan fingerprint density at radius 2 is 1.96 bits per heavy atom. The lowest BCUT2D eigenvalue weighted by Gasteiger charge is -2.04. The number of hydrogen-bond acceptors (Lipinski definition) is 4. The average Bonchev–Trinajstić information content (AvgIpc) is 2.57. The first kappa shape index (κ1) is 17.1. The Labute approximate surface area is 140 Å². The standard InChI is InChI=1S/C18H20N2O2S/c1-14-5-3-4-6-16(14)12-23-13-18(21)20-19-11-15-7-9-17(22-2)10-8-15/h3-11H,12-13H2,1-2H3,(H,20,21)/b19-11+. The van der Waals surface area contributed by atoms with E-state index in [0.29, 0.717) is 5.75 Å². The van der Waals surface area contributed by atoms with Crippen molar-refractivity contribution in [1.82, 2.24) is 5.43 Å². The molecule has 0 fully saturated rings. The van der Waals surface area contributed by atoms with Crippen molar-refractivity contribution in [2.45, 2.75) is 12.7 Å². The molecule has 0 radical (unpaired) electrons. The molecule has 2 aromatic carbocycles. The summed E-state index contributed by atoms with van der Waals surface area (Å²) in [4.78, 5) is 11.7. The highest BCUT2D eigenvalue weighted by molar-refractivity contribution is 7.99. The van der Waals surface area contributed by atoms with E-state index in [4.69, 9.17) is 4.74 Å². The SMILES string of the molecule is COc1ccc(/C=N/NC(=O)CSCc2ccccc2C)cc1. The molecule has 0 saturated heterocycles. The van der Waals surface area contributed by atoms with E-state index < -0.39 is 0 Å². The first-order valence-corrected chi connectivity index (χ1v) is 8.42. The van der Waals surface area contributed by atoms with E-state index >= 15 is 0 Å². The summed E-state index contributed by atoms with van der Waals surface area (Å²) in [6, 6.07) is 15.6. The van der Waals surface area contributed by atoms with Gasteiger partial charge in [-0.05, 0) is 47.9 Å². The molecule has 23 heavy (non-hydrogen) atoms. The normalized spacial score (nSPS) is 10.7. The maximum Gasteiger partial charge on any atom is 0.250 e. The van der Waals surface area contributed by atoms with Crippen LogP contribution in [0.1, 0.15) is 16.7 Å². The van der Waals surface area contributed by atoms with E-state index in [1.807, 2.05) is 36.4 Å². The molecule has 2 rings (SSSR count). The van der Waals surface area contributed by atoms with Crippen LogP contribution in [0.4, 0.5) is 0 Å². The van der Waals surface area contributed by atoms with Gasteiger partial charge >= 0.3 is 0 Å². The zero-order chi connectivity index (χ0) is 16.5. The largest absolute Gasteiger partial charge is 0.497 e. The fourth-order valence-corrected chi connectivity index (χ4v) is 2.82. The minimum Gasteiger partial charge on any atom is -0.497 e. The summed E-state index contributed by atoms with van der Waals surface area (Å²) in [5, 5.41) is 3.96. The second-order valence-electron chi connectivity index (χ2n) is 4.99. The van der Waals surface area contributed by atoms with Crippen LogP contribution in [-0.4, -0.2) is 25.0 Å². The predicted molar refractivity (Wildman–Crippen MR) is 96.1 cm³/mol. The molecule has 0 unspecified atom stereocenters. The molecule has 2 aromatic rings. The Bertz CT molecular complexity index is 669. The van der Waals surface area contributed by atoms with Crippen LogP contribution in [0.5, 0.6) is 5.75 Å². The van der Waals surface area contributed by atoms with Crippen LogP contribution in [0.25, 0.3) is 0 Å². The topological polar surface area (TPSA) is 50.7 Å². The lowest BCUT2D eigenvalue weighted by molar-refractivity contribution is -0.118. The Morgan fingerprint density at radius 1 is 1.22 bits per heavy atom. The smallest absolute Gasteiger partial charge is 0.250 e. The molecule has 1 amide bonds. The molecule has 0 heterocycles. The fraction of sp³-hybridized carbons (Fsp3) is 0.222. The third-order valence-corrected chi connectivity index (χ3v) is 4.25. The summed E-state index contributed by atoms with van der Waals surface area (Å²) in [5.74, 6) is 1.89. The van der Waals surface area contributed by atoms with Gasteiger partial charge in [-0.1, -0.05) is 24.3 Å². The number of ether oxygens (including phenoxy) is 1. The molecule has 5 heteroatoms. The van der Waals surface area contributed by atoms with Crippen molar-refractivity contribution < 1.29 is 9.53 Å². The number of thioether (sulfide) groups is 1. The Kier molecular flexibility index (Phi) is 6.69. The first-order chi connectivity index (χ1) is 11.2. The molecule has 0 aromatic heterocycles. The van der Waals surface area contributed by atoms with Gasteiger partial charge in [0.2, 0.25) is 5.91 Å². The molecule has 0 spiro atoms. The summed E-state index contributed by atoms with van der Waals surface area (Å²) in [6.07, 6.45) is 1.61. The number of hydrogen-bond donors (Lipinski definition) is 1. The number of amides is 1. The monoisotopic (exact) mass is 328 g/mol. The van der Waals surface area contributed by atoms with Gasteiger partial charge in [-0.25, -0.2) is 5.43 Å². The Hall–Kier alpha value is -2.27. The van der Waals surface area contributed by atoms with Crippen LogP contribution in [0.2, 0.25) is 0 Å². The van der Waals surface area contributed by atoms with Crippen molar-refractivity contribution >= 4 is 23.9 Å². The lowest BCUT2D eigenvalue weighted by Crippen LogP contribution is -2.19. The van der Waals surface area contributed by atoms with E-state index in [2.05, 4.69) is 29.6 Å². The molecule has 0 saturated carbocycles. The second-order valence-corrected chi connectivity index (χ2v) is 5.97. The molecule has 0 aliphatic carbocycles. The van der Waals surface area contributed by atoms with Crippen LogP contribution in [0.15, 0.2) is 53.6 Å². The number of rotatable bonds is 7. The molecule has 1 N–H and O–H groups in total. The highest BCUT2D eigenvalue weighted by atomic mass is 32.2. The van der Waals surface area contributed by atoms with Crippen molar-refractivity contribution in [3.63, 3.8) is 0 Å². The van der Waals surface area contributed by atoms with Gasteiger partial charge in [-0.3, -0.25) is 4.79 Å². The lowest BCUT2D eigenvalue weighted by atomic mass is 10.1. The number of nitrogens with zero attached hydrogens (tertiary/aromatic N) is 1. The number of methoxy groups -OCH3 is 1. The molecule has 120 valence electrons. The highest BCUT2D eigenvalue weighted by Gasteiger charge is 2.02. The molecular formula is C18H20N2O2S. The predicted octanol–water partition coefficient (Wildman–Crippen LogP) is 3.39. The van der Waals surface area contributed by atoms with Gasteiger partial charge < -0.3 is 4.74 Å². The van der Waals surface area contributed by atoms with Gasteiger partial charge in [-0.15, -0.1) is 11.8 Å². The van der Waals surface area contributed by atoms with E-state index in [0.717, 1.165) is 17.1 Å². The average molecular weight is 328 g/mol. The molecular weight excluding hydrogens is 308 g/mol. The fourth-order valence-electron chi connectivity index (χ4n) is 1.93. The van der Waals surface area contributed by atoms with Crippen molar-refractivity contribution in [1.29, 1.82) is 0 Å². The molecule has 0 atom stereocenters. The maximum atomic E-state index is 11.7. The quantitative estimate of drug-likeness (QED) is 0.626. The van der Waals surface area contributed by atoms with Gasteiger partial charge in [0.25, 0.3) is 0 Å². The van der Waals surface area contributed by atoms with E-state index in [-0.39, 0.29) is 5.91 Å². The van der Waals surface area contributed by atoms with Crippen LogP contribution in [0.3, 0.4) is 0 Å². The van der Waals surface area contributed by atoms with Gasteiger partial charge in [0.1, 0.15) is 5.75 Å². The number of carbonyl (C=O) groups excluding carboxylic acids is 1. The summed E-state index contributed by atoms with van der Waals surface area (Å²) in [7, 11) is 1.62. The van der Waals surface area contributed by atoms with Crippen molar-refractivity contribution in [2.24, 2.45) is 5.10 Å². The van der Waals surface area contributed by atoms with Crippen LogP contribution in [0, 0.1) is 6.92 Å². The third-order valence-electron chi connectivity index (χ3n) is 3.27. The maximum absolute atomic E-state index is 11.7. The van der Waals surface area contributed by atoms with E-state index in [1.54, 1.807) is 25.1 Å². The Morgan fingerprint density at radius 3 is 2.65 bits per heavy atom. The summed E-state index contributed by atoms with van der Waals surface area (Å²) in [6.45, 7) is 2.08. The van der Waals surface area contributed by atoms with E-state index in [9.17, 15) is 4.79 Å². The highest BCUT2D eigenvalue weighted by Crippen LogP contribution is 2.15. The zero-order valence-corrected chi connectivity index (χ0v) is 14.1. The van der Waals surface area contributed by atoms with Crippen molar-refractivity contribution in [3.05, 3.63) is 65.2 Å². The summed E-state index contributed by atoms with van der Waals surface area (Å²) >= 11 is 1.58. The van der Waals surface area contributed by atoms with E-state index in [1.165, 1.54) is 11.1 Å². The van der Waals surface area contributed by atoms with Crippen molar-refractivity contribution in [3.8, 4) is 5.75 Å². The number of hydrazone groups is 1. The number of aryl methyl sites for hydroxylation is 1. The summed E-state index contributed by atoms with van der Waals surface area (Å²) in [5.41, 5.74) is 5.95. The molecule has 4 nitrogen and oxygen atoms in total. The van der Waals surface area contributed by atoms with Crippen LogP contribution in [-0.2, 0) is 10.5 Å². The summed E-state index contributed by atoms with van der Waals surface area (Å²) < 4.78 is 5.08. The van der Waals surface area contributed by atoms with Gasteiger partial charge in [0.05, 0.1) is 19.1 Å². The minimum absolute atomic E-state index is 0.103. The zero-order valence-electron chi connectivity index (χ0n) is 13.3. The van der Waals surface area contributed by atoms with Gasteiger partial charge in [0, 0.05) is 5.75 Å². The number of nitrogens with one attached hydrogen (secondary N) is 1. The Balaban J connectivity index is 1.72. The van der Waals surface area contributed by atoms with Gasteiger partial charge in [-0.2, -0.15) is 5.10 Å². The number of benzene rings is 2. The second kappa shape index (κ2) is 9.00. The van der Waals surface area contributed by atoms with Crippen LogP contribution >= 0.6 is 11.8 Å². The van der Waals surface area contributed by atoms with Gasteiger partial charge in [0.15, 0.2) is 0 Å². The number of carbonyl (C=O) groups is 1. The molecule has 0 aliphatic rings. The molecule has 0 bridgehead atoms. The van der Waals surface area contributed by atoms with Crippen LogP contribution < -0.4 is 10.2 Å². The van der Waals surface area contributed by atoms with Crippen molar-refractivity contribution in [2.75, 3.05) is 12.9 Å². The third kappa shape index (κ3) is 5.79. The first-order valence-electron chi connectivity index (χ1n) is 7.27. The minimum atomic E-state index is -0.103. The molecule has 0 aliphatic heterocycles.